The van der Waals surface area contributed by atoms with Crippen LogP contribution in [0.15, 0.2) is 226 Å². The van der Waals surface area contributed by atoms with E-state index in [1.165, 1.54) is 32.7 Å². The summed E-state index contributed by atoms with van der Waals surface area (Å²) in [6, 6.07) is 64.4. The van der Waals surface area contributed by atoms with Gasteiger partial charge < -0.3 is 14.2 Å². The molecule has 0 fully saturated rings. The summed E-state index contributed by atoms with van der Waals surface area (Å²) in [5, 5.41) is 4.80. The monoisotopic (exact) mass is 862 g/mol. The Labute approximate surface area is 390 Å². The summed E-state index contributed by atoms with van der Waals surface area (Å²) in [6.45, 7) is 12.3. The maximum Gasteiger partial charge on any atom is 0.160 e. The topological polar surface area (TPSA) is 43.2 Å². The molecule has 1 aliphatic heterocycles. The Hall–Kier alpha value is -8.80. The fraction of sp³-hybridized carbons (Fsp3) is 0.0323. The number of nitrogens with zero attached hydrogens (tertiary/aromatic N) is 4. The smallest absolute Gasteiger partial charge is 0.160 e. The standard InChI is InChI=1S/C60H42N4O.C2H4/c1-3-51-39(2)58(43-21-14-20-41(31-32-43)40-17-6-4-7-18-40)62-60(61-51)45-22-15-25-47(37-45)64-53-35-33-42-19-10-11-26-48(42)57(53)50-28-16-27-49(59(50)64)44-34-36-56-54(38-44)63(46-23-8-5-9-24-46)52-29-12-13-30-55(52)65-56;1-2/h3-19,21-38H,1,20H2,2H3;1-2H2. The van der Waals surface area contributed by atoms with E-state index in [2.05, 4.69) is 230 Å². The van der Waals surface area contributed by atoms with Crippen molar-refractivity contribution in [2.75, 3.05) is 4.90 Å². The summed E-state index contributed by atoms with van der Waals surface area (Å²) in [5.74, 6) is 2.28. The number of para-hydroxylation sites is 4. The minimum absolute atomic E-state index is 0.649. The number of rotatable bonds is 7. The Bertz CT molecular complexity index is 3650. The van der Waals surface area contributed by atoms with Gasteiger partial charge in [0.05, 0.1) is 33.8 Å². The third-order valence-electron chi connectivity index (χ3n) is 12.8. The second-order valence-electron chi connectivity index (χ2n) is 16.6. The molecule has 0 unspecified atom stereocenters. The van der Waals surface area contributed by atoms with Crippen molar-refractivity contribution in [3.05, 3.63) is 249 Å². The van der Waals surface area contributed by atoms with Crippen LogP contribution in [0.5, 0.6) is 11.5 Å². The van der Waals surface area contributed by atoms with E-state index in [-0.39, 0.29) is 0 Å². The summed E-state index contributed by atoms with van der Waals surface area (Å²) in [5.41, 5.74) is 15.7. The molecule has 12 rings (SSSR count). The molecule has 0 bridgehead atoms. The lowest BCUT2D eigenvalue weighted by molar-refractivity contribution is 0.477. The Balaban J connectivity index is 0.00000244. The summed E-state index contributed by atoms with van der Waals surface area (Å²) >= 11 is 0. The lowest BCUT2D eigenvalue weighted by Crippen LogP contribution is -2.15. The van der Waals surface area contributed by atoms with Gasteiger partial charge in [-0.3, -0.25) is 0 Å². The Morgan fingerprint density at radius 1 is 0.597 bits per heavy atom. The van der Waals surface area contributed by atoms with Crippen LogP contribution in [0.3, 0.4) is 0 Å². The van der Waals surface area contributed by atoms with Crippen LogP contribution in [0.1, 0.15) is 28.9 Å². The zero-order valence-corrected chi connectivity index (χ0v) is 37.2. The third-order valence-corrected chi connectivity index (χ3v) is 12.8. The summed E-state index contributed by atoms with van der Waals surface area (Å²) in [4.78, 5) is 12.7. The number of hydrogen-bond acceptors (Lipinski definition) is 4. The zero-order chi connectivity index (χ0) is 45.4. The van der Waals surface area contributed by atoms with Crippen LogP contribution < -0.4 is 9.64 Å². The molecule has 0 amide bonds. The molecule has 5 nitrogen and oxygen atoms in total. The molecule has 8 aromatic carbocycles. The molecule has 0 spiro atoms. The van der Waals surface area contributed by atoms with Gasteiger partial charge in [-0.1, -0.05) is 158 Å². The van der Waals surface area contributed by atoms with Crippen molar-refractivity contribution >= 4 is 66.9 Å². The van der Waals surface area contributed by atoms with Gasteiger partial charge in [-0.05, 0) is 101 Å². The minimum atomic E-state index is 0.649. The highest BCUT2D eigenvalue weighted by Crippen LogP contribution is 2.52. The van der Waals surface area contributed by atoms with Crippen molar-refractivity contribution in [2.24, 2.45) is 0 Å². The second-order valence-corrected chi connectivity index (χ2v) is 16.6. The van der Waals surface area contributed by atoms with Gasteiger partial charge in [0.25, 0.3) is 0 Å². The van der Waals surface area contributed by atoms with Crippen molar-refractivity contribution in [3.8, 4) is 39.7 Å². The summed E-state index contributed by atoms with van der Waals surface area (Å²) in [6.07, 6.45) is 11.5. The van der Waals surface area contributed by atoms with Crippen LogP contribution >= 0.6 is 0 Å². The molecule has 0 atom stereocenters. The van der Waals surface area contributed by atoms with Gasteiger partial charge in [0.15, 0.2) is 17.3 Å². The van der Waals surface area contributed by atoms with E-state index in [9.17, 15) is 0 Å². The van der Waals surface area contributed by atoms with Gasteiger partial charge in [-0.25, -0.2) is 9.97 Å². The van der Waals surface area contributed by atoms with Crippen LogP contribution in [0.2, 0.25) is 0 Å². The fourth-order valence-corrected chi connectivity index (χ4v) is 9.69. The van der Waals surface area contributed by atoms with Crippen molar-refractivity contribution < 1.29 is 4.74 Å². The molecule has 0 saturated carbocycles. The van der Waals surface area contributed by atoms with Gasteiger partial charge in [0.1, 0.15) is 0 Å². The average molecular weight is 863 g/mol. The first-order chi connectivity index (χ1) is 33.1. The number of benzene rings is 8. The third kappa shape index (κ3) is 7.14. The highest BCUT2D eigenvalue weighted by molar-refractivity contribution is 6.23. The maximum atomic E-state index is 6.58. The Kier molecular flexibility index (Phi) is 10.6. The molecular formula is C62H46N4O. The van der Waals surface area contributed by atoms with Crippen molar-refractivity contribution in [2.45, 2.75) is 13.3 Å². The zero-order valence-electron chi connectivity index (χ0n) is 37.2. The molecule has 67 heavy (non-hydrogen) atoms. The molecule has 1 aliphatic carbocycles. The maximum absolute atomic E-state index is 6.58. The van der Waals surface area contributed by atoms with E-state index in [0.717, 1.165) is 90.9 Å². The number of ether oxygens (including phenoxy) is 1. The highest BCUT2D eigenvalue weighted by atomic mass is 16.5. The largest absolute Gasteiger partial charge is 0.453 e. The number of hydrogen-bond donors (Lipinski definition) is 0. The molecule has 10 aromatic rings. The van der Waals surface area contributed by atoms with E-state index < -0.39 is 0 Å². The highest BCUT2D eigenvalue weighted by Gasteiger charge is 2.27. The average Bonchev–Trinajstić information content (AvgIpc) is 3.55. The van der Waals surface area contributed by atoms with Crippen LogP contribution in [0.25, 0.3) is 78.0 Å². The van der Waals surface area contributed by atoms with Crippen LogP contribution in [-0.4, -0.2) is 14.5 Å². The minimum Gasteiger partial charge on any atom is -0.453 e. The fourth-order valence-electron chi connectivity index (χ4n) is 9.69. The van der Waals surface area contributed by atoms with Gasteiger partial charge in [0.2, 0.25) is 0 Å². The predicted molar refractivity (Wildman–Crippen MR) is 282 cm³/mol. The molecular weight excluding hydrogens is 817 g/mol. The Morgan fingerprint density at radius 3 is 2.16 bits per heavy atom. The normalized spacial score (nSPS) is 12.9. The molecule has 0 radical (unpaired) electrons. The number of aromatic nitrogens is 3. The first-order valence-corrected chi connectivity index (χ1v) is 22.6. The Morgan fingerprint density at radius 2 is 1.31 bits per heavy atom. The molecule has 320 valence electrons. The molecule has 2 aliphatic rings. The molecule has 3 heterocycles. The van der Waals surface area contributed by atoms with Gasteiger partial charge >= 0.3 is 0 Å². The lowest BCUT2D eigenvalue weighted by atomic mass is 9.98. The summed E-state index contributed by atoms with van der Waals surface area (Å²) in [7, 11) is 0. The van der Waals surface area contributed by atoms with E-state index in [4.69, 9.17) is 14.7 Å². The van der Waals surface area contributed by atoms with E-state index in [1.54, 1.807) is 0 Å². The van der Waals surface area contributed by atoms with Gasteiger partial charge in [0, 0.05) is 44.4 Å². The van der Waals surface area contributed by atoms with Crippen molar-refractivity contribution in [3.63, 3.8) is 0 Å². The van der Waals surface area contributed by atoms with Gasteiger partial charge in [-0.2, -0.15) is 0 Å². The first-order valence-electron chi connectivity index (χ1n) is 22.6. The van der Waals surface area contributed by atoms with Crippen molar-refractivity contribution in [1.82, 2.24) is 14.5 Å². The van der Waals surface area contributed by atoms with Crippen LogP contribution in [-0.2, 0) is 0 Å². The van der Waals surface area contributed by atoms with E-state index in [1.807, 2.05) is 18.2 Å². The molecule has 2 aromatic heterocycles. The van der Waals surface area contributed by atoms with E-state index in [0.29, 0.717) is 5.82 Å². The van der Waals surface area contributed by atoms with Crippen LogP contribution in [0, 0.1) is 6.92 Å². The predicted octanol–water partition coefficient (Wildman–Crippen LogP) is 16.8. The lowest BCUT2D eigenvalue weighted by Gasteiger charge is -2.33. The summed E-state index contributed by atoms with van der Waals surface area (Å²) < 4.78 is 9.00. The quantitative estimate of drug-likeness (QED) is 0.150. The number of fused-ring (bicyclic) bond motifs is 7. The molecule has 0 saturated heterocycles. The molecule has 5 heteroatoms. The second kappa shape index (κ2) is 17.3. The number of allylic oxidation sites excluding steroid dienone is 6. The first kappa shape index (κ1) is 40.9. The number of anilines is 3. The van der Waals surface area contributed by atoms with E-state index >= 15 is 0 Å². The van der Waals surface area contributed by atoms with Crippen LogP contribution in [0.4, 0.5) is 17.1 Å². The molecule has 0 N–H and O–H groups in total. The SMILES string of the molecule is C=C.C=Cc1nc(-c2cccc(-n3c4ccc5ccccc5c4c4cccc(-c5ccc6c(c5)N(c5ccccc5)c5ccccc5O6)c43)c2)nc(C2=CC=C(c3ccccc3)CC=C2)c1C. The van der Waals surface area contributed by atoms with Crippen molar-refractivity contribution in [1.29, 1.82) is 0 Å². The van der Waals surface area contributed by atoms with Gasteiger partial charge in [-0.15, -0.1) is 13.2 Å².